The van der Waals surface area contributed by atoms with Crippen LogP contribution in [0.3, 0.4) is 0 Å². The number of aromatic nitrogens is 3. The Bertz CT molecular complexity index is 1560. The molecule has 4 atom stereocenters. The van der Waals surface area contributed by atoms with Crippen LogP contribution in [0, 0.1) is 23.7 Å². The fourth-order valence-electron chi connectivity index (χ4n) is 6.40. The second-order valence-electron chi connectivity index (χ2n) is 10.5. The minimum Gasteiger partial charge on any atom is -0.382 e. The van der Waals surface area contributed by atoms with Gasteiger partial charge in [0.25, 0.3) is 5.91 Å². The van der Waals surface area contributed by atoms with Gasteiger partial charge >= 0.3 is 0 Å². The van der Waals surface area contributed by atoms with Crippen molar-refractivity contribution in [2.75, 3.05) is 12.3 Å². The standard InChI is InChI=1S/C31H31N5O2/c1-3-8-25(37)36-19-21-9-7-12-24(21)27(36)30-34-26(28-29(32)33-17-18-35(28)30)20-13-15-23(16-14-20)31(2,38)22-10-5-4-6-11-22/h4-6,10-11,13-18,21,24,27,38H,7,9,12,19H2,1-2H3,(H2,32,33)/t21?,24?,27-,31?/m0/s1. The average Bonchev–Trinajstić information content (AvgIpc) is 3.63. The molecule has 1 aliphatic heterocycles. The van der Waals surface area contributed by atoms with Crippen molar-refractivity contribution in [2.24, 2.45) is 11.8 Å². The first-order chi connectivity index (χ1) is 18.4. The molecule has 0 spiro atoms. The third kappa shape index (κ3) is 3.84. The number of rotatable bonds is 4. The topological polar surface area (TPSA) is 96.8 Å². The number of amides is 1. The molecule has 2 aromatic heterocycles. The number of nitrogen functional groups attached to an aromatic ring is 1. The predicted molar refractivity (Wildman–Crippen MR) is 147 cm³/mol. The first-order valence-electron chi connectivity index (χ1n) is 13.1. The van der Waals surface area contributed by atoms with Gasteiger partial charge in [0.15, 0.2) is 0 Å². The number of aliphatic hydroxyl groups is 1. The molecule has 192 valence electrons. The van der Waals surface area contributed by atoms with Crippen molar-refractivity contribution >= 4 is 17.2 Å². The van der Waals surface area contributed by atoms with Gasteiger partial charge < -0.3 is 15.7 Å². The number of carbonyl (C=O) groups is 1. The summed E-state index contributed by atoms with van der Waals surface area (Å²) >= 11 is 0. The van der Waals surface area contributed by atoms with E-state index in [4.69, 9.17) is 10.7 Å². The number of likely N-dealkylation sites (tertiary alicyclic amines) is 1. The molecule has 2 aromatic carbocycles. The van der Waals surface area contributed by atoms with Crippen molar-refractivity contribution in [1.82, 2.24) is 19.3 Å². The predicted octanol–water partition coefficient (Wildman–Crippen LogP) is 4.56. The van der Waals surface area contributed by atoms with Crippen molar-refractivity contribution in [1.29, 1.82) is 0 Å². The Balaban J connectivity index is 1.45. The van der Waals surface area contributed by atoms with E-state index in [0.717, 1.165) is 47.3 Å². The number of anilines is 1. The number of benzene rings is 2. The van der Waals surface area contributed by atoms with Gasteiger partial charge in [0.2, 0.25) is 0 Å². The Hall–Kier alpha value is -4.15. The van der Waals surface area contributed by atoms with Crippen LogP contribution in [0.2, 0.25) is 0 Å². The molecular formula is C31H31N5O2. The fourth-order valence-corrected chi connectivity index (χ4v) is 6.40. The molecule has 1 amide bonds. The van der Waals surface area contributed by atoms with Crippen molar-refractivity contribution < 1.29 is 9.90 Å². The highest BCUT2D eigenvalue weighted by atomic mass is 16.3. The minimum atomic E-state index is -1.13. The van der Waals surface area contributed by atoms with E-state index in [2.05, 4.69) is 16.8 Å². The van der Waals surface area contributed by atoms with E-state index in [1.165, 1.54) is 0 Å². The molecule has 0 radical (unpaired) electrons. The molecule has 2 fully saturated rings. The Labute approximate surface area is 222 Å². The lowest BCUT2D eigenvalue weighted by Crippen LogP contribution is -2.32. The van der Waals surface area contributed by atoms with Crippen LogP contribution in [-0.2, 0) is 10.4 Å². The zero-order valence-electron chi connectivity index (χ0n) is 21.6. The third-order valence-electron chi connectivity index (χ3n) is 8.31. The van der Waals surface area contributed by atoms with E-state index < -0.39 is 5.60 Å². The summed E-state index contributed by atoms with van der Waals surface area (Å²) in [6, 6.07) is 17.2. The van der Waals surface area contributed by atoms with Gasteiger partial charge in [-0.15, -0.1) is 0 Å². The SMILES string of the molecule is CC#CC(=O)N1CC2CCCC2[C@H]1c1nc(-c2ccc(C(C)(O)c3ccccc3)cc2)c2c(N)nccn12. The zero-order valence-corrected chi connectivity index (χ0v) is 21.6. The molecule has 3 unspecified atom stereocenters. The second-order valence-corrected chi connectivity index (χ2v) is 10.5. The van der Waals surface area contributed by atoms with E-state index in [-0.39, 0.29) is 11.9 Å². The highest BCUT2D eigenvalue weighted by Crippen LogP contribution is 2.50. The maximum atomic E-state index is 13.0. The van der Waals surface area contributed by atoms with Crippen LogP contribution in [-0.4, -0.2) is 36.8 Å². The maximum absolute atomic E-state index is 13.0. The number of nitrogens with zero attached hydrogens (tertiary/aromatic N) is 4. The van der Waals surface area contributed by atoms with Crippen LogP contribution in [0.1, 0.15) is 56.1 Å². The van der Waals surface area contributed by atoms with Crippen LogP contribution in [0.25, 0.3) is 16.8 Å². The Morgan fingerprint density at radius 3 is 2.58 bits per heavy atom. The van der Waals surface area contributed by atoms with Gasteiger partial charge in [-0.25, -0.2) is 9.97 Å². The molecular weight excluding hydrogens is 474 g/mol. The lowest BCUT2D eigenvalue weighted by atomic mass is 9.87. The summed E-state index contributed by atoms with van der Waals surface area (Å²) < 4.78 is 2.00. The van der Waals surface area contributed by atoms with Crippen LogP contribution in [0.5, 0.6) is 0 Å². The molecule has 1 saturated heterocycles. The average molecular weight is 506 g/mol. The number of nitrogens with two attached hydrogens (primary N) is 1. The largest absolute Gasteiger partial charge is 0.382 e. The summed E-state index contributed by atoms with van der Waals surface area (Å²) in [4.78, 5) is 24.4. The molecule has 1 aliphatic carbocycles. The highest BCUT2D eigenvalue weighted by Gasteiger charge is 2.48. The lowest BCUT2D eigenvalue weighted by molar-refractivity contribution is -0.126. The molecule has 7 nitrogen and oxygen atoms in total. The van der Waals surface area contributed by atoms with Gasteiger partial charge in [-0.3, -0.25) is 9.20 Å². The van der Waals surface area contributed by atoms with Gasteiger partial charge in [0, 0.05) is 24.5 Å². The van der Waals surface area contributed by atoms with E-state index in [1.807, 2.05) is 70.1 Å². The molecule has 1 saturated carbocycles. The molecule has 2 aliphatic rings. The highest BCUT2D eigenvalue weighted by molar-refractivity contribution is 5.94. The molecule has 3 N–H and O–H groups in total. The van der Waals surface area contributed by atoms with Crippen molar-refractivity contribution in [3.8, 4) is 23.1 Å². The van der Waals surface area contributed by atoms with Gasteiger partial charge in [-0.2, -0.15) is 0 Å². The third-order valence-corrected chi connectivity index (χ3v) is 8.31. The van der Waals surface area contributed by atoms with Crippen LogP contribution in [0.4, 0.5) is 5.82 Å². The quantitative estimate of drug-likeness (QED) is 0.397. The zero-order chi connectivity index (χ0) is 26.4. The van der Waals surface area contributed by atoms with E-state index in [9.17, 15) is 9.90 Å². The number of imidazole rings is 1. The summed E-state index contributed by atoms with van der Waals surface area (Å²) in [5.41, 5.74) is 9.19. The van der Waals surface area contributed by atoms with Crippen LogP contribution in [0.15, 0.2) is 67.0 Å². The van der Waals surface area contributed by atoms with Gasteiger partial charge in [0.05, 0.1) is 6.04 Å². The van der Waals surface area contributed by atoms with Crippen molar-refractivity contribution in [3.05, 3.63) is 83.9 Å². The Morgan fingerprint density at radius 2 is 1.84 bits per heavy atom. The Morgan fingerprint density at radius 1 is 1.11 bits per heavy atom. The van der Waals surface area contributed by atoms with Crippen molar-refractivity contribution in [2.45, 2.75) is 44.8 Å². The van der Waals surface area contributed by atoms with E-state index in [0.29, 0.717) is 29.9 Å². The number of fused-ring (bicyclic) bond motifs is 2. The molecule has 3 heterocycles. The molecule has 4 aromatic rings. The van der Waals surface area contributed by atoms with Gasteiger partial charge in [-0.05, 0) is 55.6 Å². The number of hydrogen-bond acceptors (Lipinski definition) is 5. The molecule has 38 heavy (non-hydrogen) atoms. The monoisotopic (exact) mass is 505 g/mol. The summed E-state index contributed by atoms with van der Waals surface area (Å²) in [5.74, 6) is 7.34. The maximum Gasteiger partial charge on any atom is 0.299 e. The molecule has 7 heteroatoms. The number of carbonyl (C=O) groups excluding carboxylic acids is 1. The first kappa shape index (κ1) is 24.2. The summed E-state index contributed by atoms with van der Waals surface area (Å²) in [6.07, 6.45) is 6.90. The molecule has 6 rings (SSSR count). The Kier molecular flexibility index (Phi) is 5.93. The van der Waals surface area contributed by atoms with Crippen molar-refractivity contribution in [3.63, 3.8) is 0 Å². The lowest BCUT2D eigenvalue weighted by Gasteiger charge is -2.25. The molecule has 0 bridgehead atoms. The van der Waals surface area contributed by atoms with Crippen LogP contribution < -0.4 is 5.73 Å². The number of hydrogen-bond donors (Lipinski definition) is 2. The first-order valence-corrected chi connectivity index (χ1v) is 13.1. The fraction of sp³-hybridized carbons (Fsp3) is 0.323. The van der Waals surface area contributed by atoms with Crippen LogP contribution >= 0.6 is 0 Å². The van der Waals surface area contributed by atoms with Gasteiger partial charge in [-0.1, -0.05) is 66.9 Å². The minimum absolute atomic E-state index is 0.153. The van der Waals surface area contributed by atoms with E-state index >= 15 is 0 Å². The summed E-state index contributed by atoms with van der Waals surface area (Å²) in [5, 5.41) is 11.3. The van der Waals surface area contributed by atoms with E-state index in [1.54, 1.807) is 20.0 Å². The summed E-state index contributed by atoms with van der Waals surface area (Å²) in [7, 11) is 0. The summed E-state index contributed by atoms with van der Waals surface area (Å²) in [6.45, 7) is 4.20. The smallest absolute Gasteiger partial charge is 0.299 e. The normalized spacial score (nSPS) is 22.1. The second kappa shape index (κ2) is 9.30. The van der Waals surface area contributed by atoms with Gasteiger partial charge in [0.1, 0.15) is 28.5 Å².